The zero-order chi connectivity index (χ0) is 25.5. The van der Waals surface area contributed by atoms with Crippen LogP contribution in [-0.2, 0) is 10.2 Å². The lowest BCUT2D eigenvalue weighted by Crippen LogP contribution is -2.37. The van der Waals surface area contributed by atoms with Crippen LogP contribution < -0.4 is 10.6 Å². The zero-order valence-corrected chi connectivity index (χ0v) is 21.2. The smallest absolute Gasteiger partial charge is 0.148 e. The van der Waals surface area contributed by atoms with E-state index in [4.69, 9.17) is 4.74 Å². The number of rotatable bonds is 8. The normalized spacial score (nSPS) is 18.9. The summed E-state index contributed by atoms with van der Waals surface area (Å²) in [5, 5.41) is 17.1. The lowest BCUT2D eigenvalue weighted by Gasteiger charge is -2.34. The highest BCUT2D eigenvalue weighted by Crippen LogP contribution is 2.37. The molecule has 2 N–H and O–H groups in total. The second-order valence-electron chi connectivity index (χ2n) is 10.8. The summed E-state index contributed by atoms with van der Waals surface area (Å²) in [4.78, 5) is 9.05. The molecule has 37 heavy (non-hydrogen) atoms. The van der Waals surface area contributed by atoms with Crippen molar-refractivity contribution >= 4 is 30.3 Å². The van der Waals surface area contributed by atoms with Crippen LogP contribution >= 0.6 is 0 Å². The highest BCUT2D eigenvalue weighted by atomic mass is 19.1. The summed E-state index contributed by atoms with van der Waals surface area (Å²) in [6.45, 7) is 4.70. The summed E-state index contributed by atoms with van der Waals surface area (Å²) >= 11 is 0. The zero-order valence-electron chi connectivity index (χ0n) is 21.2. The number of benzene rings is 2. The first-order valence-corrected chi connectivity index (χ1v) is 12.9. The maximum Gasteiger partial charge on any atom is 0.148 e. The molecule has 2 aliphatic rings. The molecule has 4 aromatic rings. The molecule has 0 amide bonds. The molecule has 0 radical (unpaired) electrons. The molecule has 3 heterocycles. The second-order valence-corrected chi connectivity index (χ2v) is 10.8. The van der Waals surface area contributed by atoms with Gasteiger partial charge in [-0.15, -0.1) is 5.10 Å². The van der Waals surface area contributed by atoms with E-state index < -0.39 is 5.44 Å². The summed E-state index contributed by atoms with van der Waals surface area (Å²) in [5.41, 5.74) is 2.86. The van der Waals surface area contributed by atoms with E-state index in [9.17, 15) is 4.39 Å². The van der Waals surface area contributed by atoms with E-state index in [-0.39, 0.29) is 11.2 Å². The number of aromatic nitrogens is 5. The Morgan fingerprint density at radius 2 is 1.92 bits per heavy atom. The molecule has 6 rings (SSSR count). The minimum absolute atomic E-state index is 0.167. The van der Waals surface area contributed by atoms with Gasteiger partial charge in [-0.2, -0.15) is 0 Å². The van der Waals surface area contributed by atoms with Gasteiger partial charge in [0.2, 0.25) is 0 Å². The molecular formula is C27H31BFN7O. The Bertz CT molecular complexity index is 1400. The standard InChI is InChI=1S/C27H31BFN7O/c1-26(10-12-37-13-11-26)16-30-25-22-14-20(6-9-23(22)31-17-32-25)33-27(28,18-2-4-19(29)5-3-18)24-15-36(35-34-24)21-7-8-21/h2-6,9,14-15,17,21,33H,7-8,10-13,16,28H2,1H3,(H,30,31,32). The Morgan fingerprint density at radius 3 is 2.68 bits per heavy atom. The van der Waals surface area contributed by atoms with Crippen molar-refractivity contribution in [2.45, 2.75) is 44.1 Å². The first-order valence-electron chi connectivity index (χ1n) is 12.9. The molecule has 2 aromatic carbocycles. The summed E-state index contributed by atoms with van der Waals surface area (Å²) in [7, 11) is 2.05. The van der Waals surface area contributed by atoms with Gasteiger partial charge in [-0.05, 0) is 67.0 Å². The predicted octanol–water partition coefficient (Wildman–Crippen LogP) is 3.87. The highest BCUT2D eigenvalue weighted by molar-refractivity contribution is 6.19. The van der Waals surface area contributed by atoms with Gasteiger partial charge in [0.25, 0.3) is 0 Å². The Labute approximate surface area is 216 Å². The van der Waals surface area contributed by atoms with E-state index in [2.05, 4.69) is 51.7 Å². The minimum Gasteiger partial charge on any atom is -0.381 e. The number of ether oxygens (including phenoxy) is 1. The Kier molecular flexibility index (Phi) is 6.06. The van der Waals surface area contributed by atoms with Gasteiger partial charge in [0.05, 0.1) is 23.2 Å². The largest absolute Gasteiger partial charge is 0.381 e. The average Bonchev–Trinajstić information content (AvgIpc) is 3.64. The number of hydrogen-bond acceptors (Lipinski definition) is 7. The van der Waals surface area contributed by atoms with Crippen LogP contribution in [0.1, 0.15) is 49.9 Å². The fourth-order valence-electron chi connectivity index (χ4n) is 4.99. The highest BCUT2D eigenvalue weighted by Gasteiger charge is 2.34. The van der Waals surface area contributed by atoms with Crippen LogP contribution in [0.25, 0.3) is 10.9 Å². The molecule has 0 bridgehead atoms. The third kappa shape index (κ3) is 4.90. The van der Waals surface area contributed by atoms with Crippen LogP contribution in [0.5, 0.6) is 0 Å². The molecule has 2 aromatic heterocycles. The van der Waals surface area contributed by atoms with Gasteiger partial charge in [-0.1, -0.05) is 24.3 Å². The number of anilines is 2. The number of nitrogens with one attached hydrogen (secondary N) is 2. The van der Waals surface area contributed by atoms with E-state index in [1.165, 1.54) is 12.1 Å². The third-order valence-corrected chi connectivity index (χ3v) is 7.78. The molecule has 10 heteroatoms. The SMILES string of the molecule is BC(Nc1ccc2ncnc(NCC3(C)CCOCC3)c2c1)(c1ccc(F)cc1)c1cn(C2CC2)nn1. The van der Waals surface area contributed by atoms with Gasteiger partial charge in [0.15, 0.2) is 0 Å². The van der Waals surface area contributed by atoms with Crippen molar-refractivity contribution in [3.63, 3.8) is 0 Å². The van der Waals surface area contributed by atoms with Gasteiger partial charge < -0.3 is 15.4 Å². The molecule has 190 valence electrons. The monoisotopic (exact) mass is 499 g/mol. The molecule has 1 saturated carbocycles. The van der Waals surface area contributed by atoms with Crippen LogP contribution in [0.4, 0.5) is 15.9 Å². The average molecular weight is 499 g/mol. The fraction of sp³-hybridized carbons (Fsp3) is 0.407. The van der Waals surface area contributed by atoms with E-state index in [1.54, 1.807) is 18.5 Å². The maximum absolute atomic E-state index is 13.8. The predicted molar refractivity (Wildman–Crippen MR) is 144 cm³/mol. The molecule has 1 saturated heterocycles. The van der Waals surface area contributed by atoms with Crippen molar-refractivity contribution in [1.82, 2.24) is 25.0 Å². The van der Waals surface area contributed by atoms with Gasteiger partial charge >= 0.3 is 0 Å². The molecule has 1 aliphatic carbocycles. The summed E-state index contributed by atoms with van der Waals surface area (Å²) in [6.07, 6.45) is 7.88. The van der Waals surface area contributed by atoms with E-state index in [0.717, 1.165) is 79.1 Å². The number of halogens is 1. The molecule has 8 nitrogen and oxygen atoms in total. The molecule has 2 fully saturated rings. The minimum atomic E-state index is -0.729. The van der Waals surface area contributed by atoms with Gasteiger partial charge in [-0.3, -0.25) is 0 Å². The molecule has 1 atom stereocenters. The van der Waals surface area contributed by atoms with Gasteiger partial charge in [0.1, 0.15) is 31.5 Å². The Morgan fingerprint density at radius 1 is 1.14 bits per heavy atom. The lowest BCUT2D eigenvalue weighted by molar-refractivity contribution is 0.0300. The van der Waals surface area contributed by atoms with Crippen molar-refractivity contribution < 1.29 is 9.13 Å². The molecule has 1 unspecified atom stereocenters. The first-order chi connectivity index (χ1) is 17.9. The van der Waals surface area contributed by atoms with Gasteiger partial charge in [-0.25, -0.2) is 19.0 Å². The Balaban J connectivity index is 1.33. The van der Waals surface area contributed by atoms with E-state index >= 15 is 0 Å². The van der Waals surface area contributed by atoms with Crippen molar-refractivity contribution in [2.24, 2.45) is 5.41 Å². The molecular weight excluding hydrogens is 468 g/mol. The topological polar surface area (TPSA) is 89.8 Å². The van der Waals surface area contributed by atoms with Crippen LogP contribution in [0.15, 0.2) is 55.0 Å². The number of nitrogens with zero attached hydrogens (tertiary/aromatic N) is 5. The third-order valence-electron chi connectivity index (χ3n) is 7.78. The summed E-state index contributed by atoms with van der Waals surface area (Å²) in [5.74, 6) is 0.536. The van der Waals surface area contributed by atoms with Crippen molar-refractivity contribution in [3.05, 3.63) is 72.1 Å². The quantitative estimate of drug-likeness (QED) is 0.356. The fourth-order valence-corrected chi connectivity index (χ4v) is 4.99. The number of hydrogen-bond donors (Lipinski definition) is 2. The summed E-state index contributed by atoms with van der Waals surface area (Å²) in [6, 6.07) is 13.0. The van der Waals surface area contributed by atoms with E-state index in [0.29, 0.717) is 6.04 Å². The second kappa shape index (κ2) is 9.41. The molecule has 0 spiro atoms. The Hall–Kier alpha value is -3.53. The number of fused-ring (bicyclic) bond motifs is 1. The van der Waals surface area contributed by atoms with Crippen LogP contribution in [-0.4, -0.2) is 52.6 Å². The molecule has 1 aliphatic heterocycles. The summed E-state index contributed by atoms with van der Waals surface area (Å²) < 4.78 is 21.3. The van der Waals surface area contributed by atoms with Crippen molar-refractivity contribution in [1.29, 1.82) is 0 Å². The van der Waals surface area contributed by atoms with Gasteiger partial charge in [0, 0.05) is 30.8 Å². The maximum atomic E-state index is 13.8. The van der Waals surface area contributed by atoms with E-state index in [1.807, 2.05) is 23.0 Å². The van der Waals surface area contributed by atoms with Crippen molar-refractivity contribution in [3.8, 4) is 0 Å². The van der Waals surface area contributed by atoms with Crippen molar-refractivity contribution in [2.75, 3.05) is 30.4 Å². The van der Waals surface area contributed by atoms with Crippen LogP contribution in [0.3, 0.4) is 0 Å². The lowest BCUT2D eigenvalue weighted by atomic mass is 9.69. The first kappa shape index (κ1) is 23.8. The van der Waals surface area contributed by atoms with Crippen LogP contribution in [0.2, 0.25) is 0 Å². The van der Waals surface area contributed by atoms with Crippen LogP contribution in [0, 0.1) is 11.2 Å².